The quantitative estimate of drug-likeness (QED) is 0.626. The molecule has 1 aromatic heterocycles. The normalized spacial score (nSPS) is 10.5. The van der Waals surface area contributed by atoms with Crippen molar-refractivity contribution >= 4 is 23.2 Å². The van der Waals surface area contributed by atoms with Crippen LogP contribution in [0.1, 0.15) is 22.5 Å². The van der Waals surface area contributed by atoms with Gasteiger partial charge in [-0.1, -0.05) is 35.3 Å². The van der Waals surface area contributed by atoms with Crippen molar-refractivity contribution in [3.63, 3.8) is 0 Å². The Balaban J connectivity index is 1.66. The number of nitrogens with zero attached hydrogens (tertiary/aromatic N) is 2. The predicted molar refractivity (Wildman–Crippen MR) is 102 cm³/mol. The lowest BCUT2D eigenvalue weighted by atomic mass is 10.1. The number of aromatic nitrogens is 2. The molecule has 0 saturated carbocycles. The second kappa shape index (κ2) is 8.24. The molecule has 5 nitrogen and oxygen atoms in total. The third kappa shape index (κ3) is 4.55. The van der Waals surface area contributed by atoms with E-state index in [1.165, 1.54) is 0 Å². The summed E-state index contributed by atoms with van der Waals surface area (Å²) in [4.78, 5) is 0. The lowest BCUT2D eigenvalue weighted by Crippen LogP contribution is -2.13. The van der Waals surface area contributed by atoms with Crippen molar-refractivity contribution in [3.05, 3.63) is 75.0 Å². The van der Waals surface area contributed by atoms with Gasteiger partial charge >= 0.3 is 0 Å². The standard InChI is InChI=1S/C19H16Cl2N4O/c1-12-19(26-17-7-15(20)6-16(21)8-17)18(25-24-12)11-23-10-14-4-2-13(9-22)3-5-14/h2-8,23H,10-11H2,1H3,(H,24,25). The first-order valence-corrected chi connectivity index (χ1v) is 8.68. The number of hydrogen-bond donors (Lipinski definition) is 2. The molecule has 0 unspecified atom stereocenters. The van der Waals surface area contributed by atoms with E-state index in [1.807, 2.05) is 19.1 Å². The van der Waals surface area contributed by atoms with Crippen LogP contribution in [0.3, 0.4) is 0 Å². The van der Waals surface area contributed by atoms with E-state index in [-0.39, 0.29) is 0 Å². The van der Waals surface area contributed by atoms with E-state index in [4.69, 9.17) is 33.2 Å². The summed E-state index contributed by atoms with van der Waals surface area (Å²) in [5.41, 5.74) is 3.30. The zero-order chi connectivity index (χ0) is 18.5. The molecule has 0 aliphatic rings. The van der Waals surface area contributed by atoms with Crippen LogP contribution in [0.4, 0.5) is 0 Å². The van der Waals surface area contributed by atoms with Gasteiger partial charge in [0.15, 0.2) is 5.75 Å². The van der Waals surface area contributed by atoms with E-state index in [1.54, 1.807) is 30.3 Å². The second-order valence-electron chi connectivity index (χ2n) is 5.74. The molecule has 132 valence electrons. The molecule has 2 N–H and O–H groups in total. The van der Waals surface area contributed by atoms with Gasteiger partial charge in [-0.3, -0.25) is 5.10 Å². The summed E-state index contributed by atoms with van der Waals surface area (Å²) in [6, 6.07) is 14.6. The van der Waals surface area contributed by atoms with Crippen molar-refractivity contribution in [2.24, 2.45) is 0 Å². The minimum Gasteiger partial charge on any atom is -0.453 e. The highest BCUT2D eigenvalue weighted by molar-refractivity contribution is 6.34. The molecule has 0 aliphatic carbocycles. The number of rotatable bonds is 6. The summed E-state index contributed by atoms with van der Waals surface area (Å²) < 4.78 is 5.94. The monoisotopic (exact) mass is 386 g/mol. The maximum atomic E-state index is 8.83. The van der Waals surface area contributed by atoms with Gasteiger partial charge in [0.2, 0.25) is 0 Å². The number of aromatic amines is 1. The first kappa shape index (κ1) is 18.3. The number of benzene rings is 2. The fraction of sp³-hybridized carbons (Fsp3) is 0.158. The molecule has 0 spiro atoms. The Bertz CT molecular complexity index is 925. The van der Waals surface area contributed by atoms with Crippen LogP contribution in [-0.2, 0) is 13.1 Å². The average Bonchev–Trinajstić information content (AvgIpc) is 2.95. The zero-order valence-corrected chi connectivity index (χ0v) is 15.5. The summed E-state index contributed by atoms with van der Waals surface area (Å²) in [6.45, 7) is 3.06. The second-order valence-corrected chi connectivity index (χ2v) is 6.62. The Morgan fingerprint density at radius 1 is 1.12 bits per heavy atom. The topological polar surface area (TPSA) is 73.7 Å². The smallest absolute Gasteiger partial charge is 0.172 e. The highest BCUT2D eigenvalue weighted by Crippen LogP contribution is 2.31. The minimum atomic E-state index is 0.508. The Kier molecular flexibility index (Phi) is 5.79. The van der Waals surface area contributed by atoms with Gasteiger partial charge in [-0.2, -0.15) is 10.4 Å². The van der Waals surface area contributed by atoms with Crippen LogP contribution < -0.4 is 10.1 Å². The van der Waals surface area contributed by atoms with Gasteiger partial charge in [0.1, 0.15) is 11.4 Å². The average molecular weight is 387 g/mol. The molecule has 0 saturated heterocycles. The molecule has 0 radical (unpaired) electrons. The lowest BCUT2D eigenvalue weighted by Gasteiger charge is -2.09. The molecule has 0 aliphatic heterocycles. The van der Waals surface area contributed by atoms with Crippen LogP contribution in [-0.4, -0.2) is 10.2 Å². The van der Waals surface area contributed by atoms with Gasteiger partial charge in [0.25, 0.3) is 0 Å². The SMILES string of the molecule is Cc1[nH]nc(CNCc2ccc(C#N)cc2)c1Oc1cc(Cl)cc(Cl)c1. The Morgan fingerprint density at radius 3 is 2.46 bits per heavy atom. The molecule has 0 amide bonds. The van der Waals surface area contributed by atoms with E-state index in [0.29, 0.717) is 40.2 Å². The molecule has 2 aromatic carbocycles. The molecule has 1 heterocycles. The van der Waals surface area contributed by atoms with Crippen molar-refractivity contribution in [1.29, 1.82) is 5.26 Å². The van der Waals surface area contributed by atoms with Crippen molar-refractivity contribution in [2.45, 2.75) is 20.0 Å². The third-order valence-corrected chi connectivity index (χ3v) is 4.16. The van der Waals surface area contributed by atoms with E-state index in [0.717, 1.165) is 17.0 Å². The third-order valence-electron chi connectivity index (χ3n) is 3.72. The van der Waals surface area contributed by atoms with Crippen LogP contribution in [0.2, 0.25) is 10.0 Å². The summed E-state index contributed by atoms with van der Waals surface area (Å²) in [5, 5.41) is 20.4. The molecule has 3 aromatic rings. The number of hydrogen-bond acceptors (Lipinski definition) is 4. The van der Waals surface area contributed by atoms with Gasteiger partial charge in [-0.05, 0) is 42.8 Å². The van der Waals surface area contributed by atoms with Gasteiger partial charge < -0.3 is 10.1 Å². The van der Waals surface area contributed by atoms with E-state index >= 15 is 0 Å². The van der Waals surface area contributed by atoms with Gasteiger partial charge in [-0.25, -0.2) is 0 Å². The van der Waals surface area contributed by atoms with Crippen LogP contribution in [0.15, 0.2) is 42.5 Å². The van der Waals surface area contributed by atoms with Crippen LogP contribution in [0, 0.1) is 18.3 Å². The first-order chi connectivity index (χ1) is 12.5. The summed E-state index contributed by atoms with van der Waals surface area (Å²) in [6.07, 6.45) is 0. The van der Waals surface area contributed by atoms with E-state index in [9.17, 15) is 0 Å². The van der Waals surface area contributed by atoms with Crippen LogP contribution in [0.25, 0.3) is 0 Å². The molecule has 26 heavy (non-hydrogen) atoms. The fourth-order valence-electron chi connectivity index (χ4n) is 2.45. The lowest BCUT2D eigenvalue weighted by molar-refractivity contribution is 0.469. The number of aryl methyl sites for hydroxylation is 1. The Labute approximate surface area is 161 Å². The van der Waals surface area contributed by atoms with Crippen molar-refractivity contribution in [3.8, 4) is 17.6 Å². The maximum absolute atomic E-state index is 8.83. The zero-order valence-electron chi connectivity index (χ0n) is 14.0. The van der Waals surface area contributed by atoms with Gasteiger partial charge in [-0.15, -0.1) is 0 Å². The highest BCUT2D eigenvalue weighted by Gasteiger charge is 2.13. The van der Waals surface area contributed by atoms with E-state index in [2.05, 4.69) is 21.6 Å². The molecule has 3 rings (SSSR count). The molecule has 0 atom stereocenters. The molecular formula is C19H16Cl2N4O. The predicted octanol–water partition coefficient (Wildman–Crippen LogP) is 4.98. The fourth-order valence-corrected chi connectivity index (χ4v) is 2.96. The summed E-state index contributed by atoms with van der Waals surface area (Å²) in [5.74, 6) is 1.20. The van der Waals surface area contributed by atoms with Gasteiger partial charge in [0.05, 0.1) is 17.3 Å². The van der Waals surface area contributed by atoms with Crippen LogP contribution in [0.5, 0.6) is 11.5 Å². The number of nitriles is 1. The van der Waals surface area contributed by atoms with Crippen molar-refractivity contribution in [2.75, 3.05) is 0 Å². The van der Waals surface area contributed by atoms with E-state index < -0.39 is 0 Å². The number of nitrogens with one attached hydrogen (secondary N) is 2. The van der Waals surface area contributed by atoms with Crippen LogP contribution >= 0.6 is 23.2 Å². The van der Waals surface area contributed by atoms with Crippen molar-refractivity contribution < 1.29 is 4.74 Å². The Morgan fingerprint density at radius 2 is 1.81 bits per heavy atom. The Hall–Kier alpha value is -2.52. The number of H-pyrrole nitrogens is 1. The molecule has 0 fully saturated rings. The van der Waals surface area contributed by atoms with Crippen molar-refractivity contribution in [1.82, 2.24) is 15.5 Å². The summed E-state index contributed by atoms with van der Waals surface area (Å²) >= 11 is 12.0. The summed E-state index contributed by atoms with van der Waals surface area (Å²) in [7, 11) is 0. The number of halogens is 2. The molecule has 7 heteroatoms. The minimum absolute atomic E-state index is 0.508. The molecular weight excluding hydrogens is 371 g/mol. The first-order valence-electron chi connectivity index (χ1n) is 7.92. The molecule has 0 bridgehead atoms. The van der Waals surface area contributed by atoms with Gasteiger partial charge in [0, 0.05) is 23.1 Å². The highest BCUT2D eigenvalue weighted by atomic mass is 35.5. The largest absolute Gasteiger partial charge is 0.453 e. The number of ether oxygens (including phenoxy) is 1. The maximum Gasteiger partial charge on any atom is 0.172 e.